The van der Waals surface area contributed by atoms with E-state index in [-0.39, 0.29) is 17.7 Å². The molecule has 0 radical (unpaired) electrons. The molecule has 0 saturated carbocycles. The third-order valence-corrected chi connectivity index (χ3v) is 4.71. The number of para-hydroxylation sites is 2. The normalized spacial score (nSPS) is 12.0. The topological polar surface area (TPSA) is 73.6 Å². The van der Waals surface area contributed by atoms with Crippen molar-refractivity contribution in [3.63, 3.8) is 0 Å². The molecule has 26 heavy (non-hydrogen) atoms. The van der Waals surface area contributed by atoms with E-state index in [9.17, 15) is 4.79 Å². The van der Waals surface area contributed by atoms with E-state index in [2.05, 4.69) is 10.3 Å². The van der Waals surface area contributed by atoms with Crippen LogP contribution in [0.15, 0.2) is 52.1 Å². The Labute approximate surface area is 155 Å². The van der Waals surface area contributed by atoms with Gasteiger partial charge in [0.15, 0.2) is 5.58 Å². The summed E-state index contributed by atoms with van der Waals surface area (Å²) in [5.74, 6) is 1.51. The van der Waals surface area contributed by atoms with Crippen LogP contribution in [-0.2, 0) is 4.79 Å². The van der Waals surface area contributed by atoms with Gasteiger partial charge in [0.2, 0.25) is 5.91 Å². The fraction of sp³-hybridized carbons (Fsp3) is 0.263. The van der Waals surface area contributed by atoms with E-state index in [0.29, 0.717) is 22.3 Å². The van der Waals surface area contributed by atoms with E-state index in [0.717, 1.165) is 11.1 Å². The van der Waals surface area contributed by atoms with Gasteiger partial charge in [-0.2, -0.15) is 0 Å². The minimum Gasteiger partial charge on any atom is -0.497 e. The minimum atomic E-state index is -0.225. The van der Waals surface area contributed by atoms with Crippen LogP contribution in [0.1, 0.15) is 18.5 Å². The first-order valence-corrected chi connectivity index (χ1v) is 9.09. The first-order valence-electron chi connectivity index (χ1n) is 8.10. The van der Waals surface area contributed by atoms with Crippen molar-refractivity contribution >= 4 is 28.8 Å². The summed E-state index contributed by atoms with van der Waals surface area (Å²) in [5, 5.41) is 3.44. The number of rotatable bonds is 7. The molecule has 0 saturated heterocycles. The van der Waals surface area contributed by atoms with Crippen LogP contribution < -0.4 is 14.8 Å². The van der Waals surface area contributed by atoms with E-state index in [4.69, 9.17) is 13.9 Å². The highest BCUT2D eigenvalue weighted by Crippen LogP contribution is 2.29. The summed E-state index contributed by atoms with van der Waals surface area (Å²) in [6.45, 7) is 1.90. The van der Waals surface area contributed by atoms with Gasteiger partial charge in [0.25, 0.3) is 5.22 Å². The Balaban J connectivity index is 1.62. The van der Waals surface area contributed by atoms with Crippen LogP contribution in [0, 0.1) is 0 Å². The van der Waals surface area contributed by atoms with Crippen LogP contribution in [0.5, 0.6) is 11.5 Å². The summed E-state index contributed by atoms with van der Waals surface area (Å²) in [5.41, 5.74) is 2.35. The zero-order valence-corrected chi connectivity index (χ0v) is 15.6. The zero-order valence-electron chi connectivity index (χ0n) is 14.8. The van der Waals surface area contributed by atoms with Gasteiger partial charge in [-0.05, 0) is 37.3 Å². The van der Waals surface area contributed by atoms with Crippen molar-refractivity contribution in [1.29, 1.82) is 0 Å². The number of nitrogens with zero attached hydrogens (tertiary/aromatic N) is 1. The number of nitrogens with one attached hydrogen (secondary N) is 1. The predicted octanol–water partition coefficient (Wildman–Crippen LogP) is 3.81. The van der Waals surface area contributed by atoms with Gasteiger partial charge in [-0.1, -0.05) is 23.9 Å². The number of fused-ring (bicyclic) bond motifs is 1. The van der Waals surface area contributed by atoms with E-state index in [1.54, 1.807) is 14.2 Å². The van der Waals surface area contributed by atoms with Crippen LogP contribution in [0.3, 0.4) is 0 Å². The molecule has 3 aromatic rings. The van der Waals surface area contributed by atoms with Gasteiger partial charge in [-0.3, -0.25) is 4.79 Å². The first kappa shape index (κ1) is 18.1. The number of amides is 1. The molecular weight excluding hydrogens is 352 g/mol. The van der Waals surface area contributed by atoms with Gasteiger partial charge in [0.1, 0.15) is 17.0 Å². The van der Waals surface area contributed by atoms with Gasteiger partial charge in [-0.15, -0.1) is 0 Å². The summed E-state index contributed by atoms with van der Waals surface area (Å²) in [7, 11) is 3.20. The molecule has 6 nitrogen and oxygen atoms in total. The second-order valence-corrected chi connectivity index (χ2v) is 6.56. The van der Waals surface area contributed by atoms with Gasteiger partial charge >= 0.3 is 0 Å². The van der Waals surface area contributed by atoms with Crippen LogP contribution in [0.4, 0.5) is 0 Å². The lowest BCUT2D eigenvalue weighted by molar-refractivity contribution is -0.119. The molecule has 0 fully saturated rings. The Kier molecular flexibility index (Phi) is 5.68. The Morgan fingerprint density at radius 1 is 1.23 bits per heavy atom. The molecule has 2 aromatic carbocycles. The fourth-order valence-corrected chi connectivity index (χ4v) is 3.23. The highest BCUT2D eigenvalue weighted by Gasteiger charge is 2.16. The number of hydrogen-bond acceptors (Lipinski definition) is 6. The molecule has 3 rings (SSSR count). The summed E-state index contributed by atoms with van der Waals surface area (Å²) >= 11 is 1.26. The number of ether oxygens (including phenoxy) is 2. The van der Waals surface area contributed by atoms with Gasteiger partial charge < -0.3 is 19.2 Å². The van der Waals surface area contributed by atoms with Crippen molar-refractivity contribution in [3.05, 3.63) is 48.0 Å². The first-order chi connectivity index (χ1) is 12.6. The van der Waals surface area contributed by atoms with Crippen molar-refractivity contribution in [2.45, 2.75) is 18.2 Å². The quantitative estimate of drug-likeness (QED) is 0.636. The Morgan fingerprint density at radius 2 is 2.04 bits per heavy atom. The van der Waals surface area contributed by atoms with Gasteiger partial charge in [-0.25, -0.2) is 4.98 Å². The summed E-state index contributed by atoms with van der Waals surface area (Å²) in [4.78, 5) is 16.6. The molecule has 1 unspecified atom stereocenters. The molecule has 136 valence electrons. The van der Waals surface area contributed by atoms with Crippen molar-refractivity contribution in [1.82, 2.24) is 10.3 Å². The molecule has 0 aliphatic heterocycles. The lowest BCUT2D eigenvalue weighted by atomic mass is 10.1. The molecule has 0 spiro atoms. The number of aromatic nitrogens is 1. The lowest BCUT2D eigenvalue weighted by Crippen LogP contribution is -2.28. The predicted molar refractivity (Wildman–Crippen MR) is 101 cm³/mol. The average Bonchev–Trinajstić information content (AvgIpc) is 3.08. The molecule has 0 bridgehead atoms. The van der Waals surface area contributed by atoms with Gasteiger partial charge in [0, 0.05) is 5.56 Å². The smallest absolute Gasteiger partial charge is 0.257 e. The van der Waals surface area contributed by atoms with Crippen LogP contribution in [0.25, 0.3) is 11.1 Å². The maximum Gasteiger partial charge on any atom is 0.257 e. The SMILES string of the molecule is COc1ccc(OC)c(C(C)NC(=O)CSc2nc3ccccc3o2)c1. The van der Waals surface area contributed by atoms with E-state index < -0.39 is 0 Å². The maximum absolute atomic E-state index is 12.3. The maximum atomic E-state index is 12.3. The van der Waals surface area contributed by atoms with Gasteiger partial charge in [0.05, 0.1) is 26.0 Å². The van der Waals surface area contributed by atoms with Crippen molar-refractivity contribution in [2.75, 3.05) is 20.0 Å². The van der Waals surface area contributed by atoms with E-state index in [1.807, 2.05) is 49.4 Å². The monoisotopic (exact) mass is 372 g/mol. The molecular formula is C19H20N2O4S. The Bertz CT molecular complexity index is 876. The number of benzene rings is 2. The molecule has 0 aliphatic carbocycles. The number of methoxy groups -OCH3 is 2. The zero-order chi connectivity index (χ0) is 18.5. The number of hydrogen-bond donors (Lipinski definition) is 1. The second-order valence-electron chi connectivity index (χ2n) is 5.63. The number of thioether (sulfide) groups is 1. The molecule has 1 heterocycles. The molecule has 7 heteroatoms. The lowest BCUT2D eigenvalue weighted by Gasteiger charge is -2.18. The Morgan fingerprint density at radius 3 is 2.77 bits per heavy atom. The molecule has 1 N–H and O–H groups in total. The van der Waals surface area contributed by atoms with Crippen LogP contribution >= 0.6 is 11.8 Å². The summed E-state index contributed by atoms with van der Waals surface area (Å²) in [6, 6.07) is 12.8. The fourth-order valence-electron chi connectivity index (χ4n) is 2.58. The number of oxazole rings is 1. The minimum absolute atomic E-state index is 0.116. The largest absolute Gasteiger partial charge is 0.497 e. The third-order valence-electron chi connectivity index (χ3n) is 3.88. The van der Waals surface area contributed by atoms with E-state index >= 15 is 0 Å². The van der Waals surface area contributed by atoms with Crippen molar-refractivity contribution in [3.8, 4) is 11.5 Å². The standard InChI is InChI=1S/C19H20N2O4S/c1-12(14-10-13(23-2)8-9-16(14)24-3)20-18(22)11-26-19-21-15-6-4-5-7-17(15)25-19/h4-10,12H,11H2,1-3H3,(H,20,22). The summed E-state index contributed by atoms with van der Waals surface area (Å²) in [6.07, 6.45) is 0. The average molecular weight is 372 g/mol. The molecule has 1 amide bonds. The Hall–Kier alpha value is -2.67. The van der Waals surface area contributed by atoms with Crippen molar-refractivity contribution in [2.24, 2.45) is 0 Å². The van der Waals surface area contributed by atoms with E-state index in [1.165, 1.54) is 11.8 Å². The highest BCUT2D eigenvalue weighted by atomic mass is 32.2. The van der Waals surface area contributed by atoms with Crippen LogP contribution in [-0.4, -0.2) is 30.9 Å². The molecule has 0 aliphatic rings. The highest BCUT2D eigenvalue weighted by molar-refractivity contribution is 7.99. The third kappa shape index (κ3) is 4.11. The van der Waals surface area contributed by atoms with Crippen molar-refractivity contribution < 1.29 is 18.7 Å². The molecule has 1 atom stereocenters. The number of carbonyl (C=O) groups is 1. The van der Waals surface area contributed by atoms with Crippen LogP contribution in [0.2, 0.25) is 0 Å². The summed E-state index contributed by atoms with van der Waals surface area (Å²) < 4.78 is 16.2. The number of carbonyl (C=O) groups excluding carboxylic acids is 1. The second kappa shape index (κ2) is 8.14. The molecule has 1 aromatic heterocycles.